The zero-order valence-corrected chi connectivity index (χ0v) is 15.1. The molecule has 1 saturated heterocycles. The first-order chi connectivity index (χ1) is 10.9. The van der Waals surface area contributed by atoms with Crippen LogP contribution in [0.1, 0.15) is 19.4 Å². The summed E-state index contributed by atoms with van der Waals surface area (Å²) in [5.74, 6) is 0.592. The molecule has 1 aromatic rings. The lowest BCUT2D eigenvalue weighted by Gasteiger charge is -2.26. The van der Waals surface area contributed by atoms with Crippen LogP contribution in [0.4, 0.5) is 0 Å². The first-order valence-corrected chi connectivity index (χ1v) is 9.95. The lowest BCUT2D eigenvalue weighted by molar-refractivity contribution is 0.0730. The highest BCUT2D eigenvalue weighted by Gasteiger charge is 2.26. The fraction of sp³-hybridized carbons (Fsp3) is 0.533. The van der Waals surface area contributed by atoms with Crippen LogP contribution >= 0.6 is 11.8 Å². The van der Waals surface area contributed by atoms with Gasteiger partial charge in [0.15, 0.2) is 5.17 Å². The van der Waals surface area contributed by atoms with Crippen LogP contribution < -0.4 is 5.73 Å². The molecule has 2 rings (SSSR count). The van der Waals surface area contributed by atoms with E-state index in [1.54, 1.807) is 18.2 Å². The Morgan fingerprint density at radius 1 is 1.39 bits per heavy atom. The number of morpholine rings is 1. The van der Waals surface area contributed by atoms with Crippen LogP contribution in [0, 0.1) is 0 Å². The Bertz CT molecular complexity index is 654. The fourth-order valence-corrected chi connectivity index (χ4v) is 4.44. The third-order valence-electron chi connectivity index (χ3n) is 3.28. The molecule has 0 spiro atoms. The van der Waals surface area contributed by atoms with Gasteiger partial charge in [0.2, 0.25) is 10.0 Å². The van der Waals surface area contributed by atoms with E-state index >= 15 is 0 Å². The molecular weight excluding hydrogens is 334 g/mol. The van der Waals surface area contributed by atoms with Gasteiger partial charge in [-0.25, -0.2) is 8.42 Å². The summed E-state index contributed by atoms with van der Waals surface area (Å²) in [6.45, 7) is 5.60. The first kappa shape index (κ1) is 18.3. The van der Waals surface area contributed by atoms with E-state index in [1.807, 2.05) is 19.9 Å². The van der Waals surface area contributed by atoms with Crippen molar-refractivity contribution in [3.05, 3.63) is 29.8 Å². The molecule has 0 amide bonds. The predicted octanol–water partition coefficient (Wildman–Crippen LogP) is 1.66. The van der Waals surface area contributed by atoms with Gasteiger partial charge in [0, 0.05) is 24.9 Å². The van der Waals surface area contributed by atoms with Gasteiger partial charge in [-0.3, -0.25) is 4.99 Å². The van der Waals surface area contributed by atoms with Crippen molar-refractivity contribution in [1.82, 2.24) is 4.31 Å². The van der Waals surface area contributed by atoms with Crippen LogP contribution in [0.25, 0.3) is 0 Å². The number of thioether (sulfide) groups is 1. The monoisotopic (exact) mass is 357 g/mol. The molecule has 1 heterocycles. The summed E-state index contributed by atoms with van der Waals surface area (Å²) in [5.41, 5.74) is 6.74. The summed E-state index contributed by atoms with van der Waals surface area (Å²) >= 11 is 1.41. The van der Waals surface area contributed by atoms with E-state index in [-0.39, 0.29) is 6.04 Å². The SMILES string of the molecule is CC(C)N=C(N)SCc1cccc(S(=O)(=O)N2CCOCC2)c1. The van der Waals surface area contributed by atoms with Crippen molar-refractivity contribution in [2.45, 2.75) is 30.5 Å². The van der Waals surface area contributed by atoms with E-state index in [2.05, 4.69) is 4.99 Å². The minimum Gasteiger partial charge on any atom is -0.379 e. The van der Waals surface area contributed by atoms with Crippen LogP contribution in [-0.2, 0) is 20.5 Å². The zero-order chi connectivity index (χ0) is 16.9. The highest BCUT2D eigenvalue weighted by atomic mass is 32.2. The highest BCUT2D eigenvalue weighted by Crippen LogP contribution is 2.21. The third kappa shape index (κ3) is 5.20. The van der Waals surface area contributed by atoms with Gasteiger partial charge in [-0.2, -0.15) is 4.31 Å². The number of nitrogens with zero attached hydrogens (tertiary/aromatic N) is 2. The van der Waals surface area contributed by atoms with Gasteiger partial charge in [-0.05, 0) is 31.5 Å². The highest BCUT2D eigenvalue weighted by molar-refractivity contribution is 8.13. The Labute approximate surface area is 142 Å². The Morgan fingerprint density at radius 3 is 2.74 bits per heavy atom. The minimum atomic E-state index is -3.46. The molecule has 0 aromatic heterocycles. The van der Waals surface area contributed by atoms with E-state index in [9.17, 15) is 8.42 Å². The molecule has 0 atom stereocenters. The Balaban J connectivity index is 2.10. The van der Waals surface area contributed by atoms with Crippen LogP contribution in [0.5, 0.6) is 0 Å². The summed E-state index contributed by atoms with van der Waals surface area (Å²) < 4.78 is 32.0. The second kappa shape index (κ2) is 8.14. The predicted molar refractivity (Wildman–Crippen MR) is 94.1 cm³/mol. The van der Waals surface area contributed by atoms with Crippen molar-refractivity contribution in [2.24, 2.45) is 10.7 Å². The van der Waals surface area contributed by atoms with Gasteiger partial charge in [-0.15, -0.1) is 0 Å². The molecule has 0 aliphatic carbocycles. The topological polar surface area (TPSA) is 85.0 Å². The van der Waals surface area contributed by atoms with E-state index < -0.39 is 10.0 Å². The molecule has 6 nitrogen and oxygen atoms in total. The zero-order valence-electron chi connectivity index (χ0n) is 13.4. The van der Waals surface area contributed by atoms with E-state index in [0.717, 1.165) is 5.56 Å². The minimum absolute atomic E-state index is 0.149. The van der Waals surface area contributed by atoms with E-state index in [0.29, 0.717) is 42.1 Å². The Morgan fingerprint density at radius 2 is 2.09 bits per heavy atom. The summed E-state index contributed by atoms with van der Waals surface area (Å²) in [5, 5.41) is 0.515. The van der Waals surface area contributed by atoms with Crippen molar-refractivity contribution < 1.29 is 13.2 Å². The molecule has 1 aliphatic rings. The van der Waals surface area contributed by atoms with Gasteiger partial charge >= 0.3 is 0 Å². The number of sulfonamides is 1. The second-order valence-electron chi connectivity index (χ2n) is 5.51. The normalized spacial score (nSPS) is 17.6. The van der Waals surface area contributed by atoms with Crippen molar-refractivity contribution in [3.8, 4) is 0 Å². The molecule has 0 radical (unpaired) electrons. The summed E-state index contributed by atoms with van der Waals surface area (Å²) in [7, 11) is -3.46. The molecule has 0 bridgehead atoms. The first-order valence-electron chi connectivity index (χ1n) is 7.52. The van der Waals surface area contributed by atoms with Gasteiger partial charge in [0.25, 0.3) is 0 Å². The number of benzene rings is 1. The fourth-order valence-electron chi connectivity index (χ4n) is 2.18. The van der Waals surface area contributed by atoms with Gasteiger partial charge < -0.3 is 10.5 Å². The molecule has 23 heavy (non-hydrogen) atoms. The number of hydrogen-bond donors (Lipinski definition) is 1. The molecule has 0 saturated carbocycles. The van der Waals surface area contributed by atoms with Crippen LogP contribution in [0.3, 0.4) is 0 Å². The lowest BCUT2D eigenvalue weighted by atomic mass is 10.2. The number of hydrogen-bond acceptors (Lipinski definition) is 5. The molecule has 1 aliphatic heterocycles. The van der Waals surface area contributed by atoms with Crippen LogP contribution in [0.2, 0.25) is 0 Å². The summed E-state index contributed by atoms with van der Waals surface area (Å²) in [6.07, 6.45) is 0. The van der Waals surface area contributed by atoms with Crippen LogP contribution in [0.15, 0.2) is 34.2 Å². The average molecular weight is 358 g/mol. The lowest BCUT2D eigenvalue weighted by Crippen LogP contribution is -2.40. The van der Waals surface area contributed by atoms with E-state index in [4.69, 9.17) is 10.5 Å². The van der Waals surface area contributed by atoms with Gasteiger partial charge in [0.05, 0.1) is 18.1 Å². The molecule has 128 valence electrons. The Hall–Kier alpha value is -1.09. The number of rotatable bonds is 5. The second-order valence-corrected chi connectivity index (χ2v) is 8.45. The molecular formula is C15H23N3O3S2. The maximum atomic E-state index is 12.6. The summed E-state index contributed by atoms with van der Waals surface area (Å²) in [6, 6.07) is 7.15. The van der Waals surface area contributed by atoms with Crippen LogP contribution in [-0.4, -0.2) is 50.2 Å². The van der Waals surface area contributed by atoms with Gasteiger partial charge in [0.1, 0.15) is 0 Å². The van der Waals surface area contributed by atoms with Crippen molar-refractivity contribution >= 4 is 27.0 Å². The van der Waals surface area contributed by atoms with E-state index in [1.165, 1.54) is 16.1 Å². The Kier molecular flexibility index (Phi) is 6.46. The number of amidine groups is 1. The number of ether oxygens (including phenoxy) is 1. The molecule has 1 aromatic carbocycles. The average Bonchev–Trinajstić information content (AvgIpc) is 2.53. The quantitative estimate of drug-likeness (QED) is 0.640. The maximum absolute atomic E-state index is 12.6. The largest absolute Gasteiger partial charge is 0.379 e. The summed E-state index contributed by atoms with van der Waals surface area (Å²) in [4.78, 5) is 4.57. The molecule has 1 fully saturated rings. The van der Waals surface area contributed by atoms with Crippen molar-refractivity contribution in [2.75, 3.05) is 26.3 Å². The molecule has 2 N–H and O–H groups in total. The number of nitrogens with two attached hydrogens (primary N) is 1. The molecule has 0 unspecified atom stereocenters. The van der Waals surface area contributed by atoms with Crippen molar-refractivity contribution in [1.29, 1.82) is 0 Å². The standard InChI is InChI=1S/C15H23N3O3S2/c1-12(2)17-15(16)22-11-13-4-3-5-14(10-13)23(19,20)18-6-8-21-9-7-18/h3-5,10,12H,6-9,11H2,1-2H3,(H2,16,17). The number of aliphatic imine (C=N–C) groups is 1. The smallest absolute Gasteiger partial charge is 0.243 e. The third-order valence-corrected chi connectivity index (χ3v) is 6.05. The van der Waals surface area contributed by atoms with Crippen molar-refractivity contribution in [3.63, 3.8) is 0 Å². The molecule has 8 heteroatoms. The maximum Gasteiger partial charge on any atom is 0.243 e. The van der Waals surface area contributed by atoms with Gasteiger partial charge in [-0.1, -0.05) is 23.9 Å².